The number of carbonyl (C=O) groups is 1. The maximum absolute atomic E-state index is 12.7. The Morgan fingerprint density at radius 1 is 1.19 bits per heavy atom. The van der Waals surface area contributed by atoms with Crippen LogP contribution in [0, 0.1) is 6.92 Å². The zero-order valence-electron chi connectivity index (χ0n) is 18.2. The van der Waals surface area contributed by atoms with E-state index in [0.717, 1.165) is 36.6 Å². The number of ketones is 1. The molecule has 3 nitrogen and oxygen atoms in total. The second-order valence-corrected chi connectivity index (χ2v) is 8.28. The second-order valence-electron chi connectivity index (χ2n) is 8.28. The van der Waals surface area contributed by atoms with Gasteiger partial charge < -0.3 is 0 Å². The second kappa shape index (κ2) is 9.67. The Kier molecular flexibility index (Phi) is 7.19. The number of aryl methyl sites for hydroxylation is 1. The molecule has 0 spiro atoms. The molecular weight excluding hydrogens is 401 g/mol. The molecule has 1 aliphatic carbocycles. The quantitative estimate of drug-likeness (QED) is 0.433. The van der Waals surface area contributed by atoms with Crippen LogP contribution in [0.5, 0.6) is 0 Å². The number of aromatic nitrogens is 2. The van der Waals surface area contributed by atoms with Gasteiger partial charge in [-0.1, -0.05) is 50.6 Å². The number of rotatable bonds is 5. The minimum Gasteiger partial charge on any atom is -0.300 e. The molecule has 1 aliphatic rings. The first-order chi connectivity index (χ1) is 14.7. The summed E-state index contributed by atoms with van der Waals surface area (Å²) in [5.41, 5.74) is 3.10. The van der Waals surface area contributed by atoms with Crippen molar-refractivity contribution in [2.75, 3.05) is 0 Å². The monoisotopic (exact) mass is 430 g/mol. The summed E-state index contributed by atoms with van der Waals surface area (Å²) < 4.78 is 39.7. The number of fused-ring (bicyclic) bond motifs is 1. The molecule has 2 heterocycles. The van der Waals surface area contributed by atoms with E-state index >= 15 is 0 Å². The summed E-state index contributed by atoms with van der Waals surface area (Å²) in [7, 11) is 0. The summed E-state index contributed by atoms with van der Waals surface area (Å²) >= 11 is 0. The van der Waals surface area contributed by atoms with Crippen molar-refractivity contribution in [3.63, 3.8) is 0 Å². The van der Waals surface area contributed by atoms with Crippen molar-refractivity contribution in [2.45, 2.75) is 70.9 Å². The van der Waals surface area contributed by atoms with E-state index in [4.69, 9.17) is 0 Å². The zero-order chi connectivity index (χ0) is 22.6. The van der Waals surface area contributed by atoms with E-state index in [0.29, 0.717) is 36.0 Å². The molecule has 0 bridgehead atoms. The minimum absolute atomic E-state index is 0.344. The number of alkyl halides is 3. The van der Waals surface area contributed by atoms with Gasteiger partial charge in [0.2, 0.25) is 0 Å². The molecule has 0 N–H and O–H groups in total. The van der Waals surface area contributed by atoms with Gasteiger partial charge in [-0.25, -0.2) is 4.52 Å². The standard InChI is InChI=1S/C13H13F3N2.C12H16O/c1-8-12(9-3-2-4-9)11-7-10(13(14,15)16)5-6-18(11)17-8;1-3-12(13)9-10(2)11-7-5-4-6-8-11/h5-7,9H,2-4H2,1H3;4-8,10H,3,9H2,1-2H3. The summed E-state index contributed by atoms with van der Waals surface area (Å²) in [6.07, 6.45) is 1.68. The molecule has 1 aromatic carbocycles. The fraction of sp³-hybridized carbons (Fsp3) is 0.440. The lowest BCUT2D eigenvalue weighted by atomic mass is 9.79. The molecule has 166 valence electrons. The van der Waals surface area contributed by atoms with Gasteiger partial charge in [0.05, 0.1) is 16.8 Å². The predicted molar refractivity (Wildman–Crippen MR) is 116 cm³/mol. The summed E-state index contributed by atoms with van der Waals surface area (Å²) in [6.45, 7) is 5.89. The van der Waals surface area contributed by atoms with Crippen LogP contribution in [0.4, 0.5) is 13.2 Å². The highest BCUT2D eigenvalue weighted by Crippen LogP contribution is 2.41. The number of hydrogen-bond acceptors (Lipinski definition) is 2. The number of pyridine rings is 1. The van der Waals surface area contributed by atoms with Gasteiger partial charge in [-0.2, -0.15) is 18.3 Å². The minimum atomic E-state index is -4.29. The molecule has 1 fully saturated rings. The largest absolute Gasteiger partial charge is 0.416 e. The Balaban J connectivity index is 0.000000187. The van der Waals surface area contributed by atoms with Gasteiger partial charge in [0.15, 0.2) is 0 Å². The topological polar surface area (TPSA) is 34.4 Å². The van der Waals surface area contributed by atoms with E-state index < -0.39 is 11.7 Å². The molecule has 0 amide bonds. The maximum Gasteiger partial charge on any atom is 0.416 e. The van der Waals surface area contributed by atoms with Gasteiger partial charge >= 0.3 is 6.18 Å². The normalized spacial score (nSPS) is 15.2. The smallest absolute Gasteiger partial charge is 0.300 e. The van der Waals surface area contributed by atoms with Crippen LogP contribution in [0.2, 0.25) is 0 Å². The van der Waals surface area contributed by atoms with E-state index in [1.165, 1.54) is 17.8 Å². The van der Waals surface area contributed by atoms with E-state index in [1.54, 1.807) is 4.52 Å². The number of hydrogen-bond donors (Lipinski definition) is 0. The van der Waals surface area contributed by atoms with Crippen LogP contribution in [0.3, 0.4) is 0 Å². The molecule has 31 heavy (non-hydrogen) atoms. The van der Waals surface area contributed by atoms with Crippen LogP contribution < -0.4 is 0 Å². The van der Waals surface area contributed by atoms with Gasteiger partial charge in [-0.3, -0.25) is 4.79 Å². The van der Waals surface area contributed by atoms with E-state index in [-0.39, 0.29) is 0 Å². The molecule has 6 heteroatoms. The molecule has 3 aromatic rings. The Labute approximate surface area is 181 Å². The predicted octanol–water partition coefficient (Wildman–Crippen LogP) is 7.09. The van der Waals surface area contributed by atoms with Crippen LogP contribution in [0.25, 0.3) is 5.52 Å². The van der Waals surface area contributed by atoms with Gasteiger partial charge in [-0.15, -0.1) is 0 Å². The summed E-state index contributed by atoms with van der Waals surface area (Å²) in [5.74, 6) is 1.08. The van der Waals surface area contributed by atoms with Gasteiger partial charge in [0.25, 0.3) is 0 Å². The number of Topliss-reactive ketones (excluding diaryl/α,β-unsaturated/α-hetero) is 1. The van der Waals surface area contributed by atoms with Crippen molar-refractivity contribution in [1.82, 2.24) is 9.61 Å². The van der Waals surface area contributed by atoms with Crippen LogP contribution in [-0.4, -0.2) is 15.4 Å². The van der Waals surface area contributed by atoms with Crippen LogP contribution in [-0.2, 0) is 11.0 Å². The number of carbonyl (C=O) groups excluding carboxylic acids is 1. The van der Waals surface area contributed by atoms with Crippen molar-refractivity contribution in [1.29, 1.82) is 0 Å². The average molecular weight is 431 g/mol. The number of halogens is 3. The van der Waals surface area contributed by atoms with E-state index in [1.807, 2.05) is 32.0 Å². The summed E-state index contributed by atoms with van der Waals surface area (Å²) in [5, 5.41) is 4.29. The summed E-state index contributed by atoms with van der Waals surface area (Å²) in [6, 6.07) is 12.5. The van der Waals surface area contributed by atoms with Crippen LogP contribution in [0.15, 0.2) is 48.7 Å². The first-order valence-corrected chi connectivity index (χ1v) is 10.8. The van der Waals surface area contributed by atoms with Crippen LogP contribution >= 0.6 is 0 Å². The third-order valence-electron chi connectivity index (χ3n) is 6.00. The Hall–Kier alpha value is -2.63. The van der Waals surface area contributed by atoms with Gasteiger partial charge in [-0.05, 0) is 49.3 Å². The van der Waals surface area contributed by atoms with Crippen molar-refractivity contribution in [2.24, 2.45) is 0 Å². The van der Waals surface area contributed by atoms with Crippen LogP contribution in [0.1, 0.15) is 80.2 Å². The van der Waals surface area contributed by atoms with Crippen molar-refractivity contribution < 1.29 is 18.0 Å². The van der Waals surface area contributed by atoms with Crippen molar-refractivity contribution in [3.8, 4) is 0 Å². The van der Waals surface area contributed by atoms with E-state index in [2.05, 4.69) is 24.2 Å². The Bertz CT molecular complexity index is 1020. The fourth-order valence-corrected chi connectivity index (χ4v) is 3.94. The van der Waals surface area contributed by atoms with Crippen molar-refractivity contribution in [3.05, 3.63) is 71.0 Å². The molecular formula is C25H29F3N2O. The molecule has 0 radical (unpaired) electrons. The lowest BCUT2D eigenvalue weighted by Gasteiger charge is -2.25. The Morgan fingerprint density at radius 3 is 2.42 bits per heavy atom. The zero-order valence-corrected chi connectivity index (χ0v) is 18.2. The first kappa shape index (κ1) is 23.0. The third kappa shape index (κ3) is 5.54. The van der Waals surface area contributed by atoms with Gasteiger partial charge in [0, 0.05) is 24.6 Å². The van der Waals surface area contributed by atoms with Gasteiger partial charge in [0.1, 0.15) is 5.78 Å². The number of nitrogens with zero attached hydrogens (tertiary/aromatic N) is 2. The third-order valence-corrected chi connectivity index (χ3v) is 6.00. The molecule has 1 atom stereocenters. The molecule has 4 rings (SSSR count). The highest BCUT2D eigenvalue weighted by molar-refractivity contribution is 5.78. The summed E-state index contributed by atoms with van der Waals surface area (Å²) in [4.78, 5) is 11.2. The highest BCUT2D eigenvalue weighted by Gasteiger charge is 2.32. The Morgan fingerprint density at radius 2 is 1.87 bits per heavy atom. The van der Waals surface area contributed by atoms with Crippen molar-refractivity contribution >= 4 is 11.3 Å². The molecule has 0 aliphatic heterocycles. The fourth-order valence-electron chi connectivity index (χ4n) is 3.94. The highest BCUT2D eigenvalue weighted by atomic mass is 19.4. The molecule has 1 unspecified atom stereocenters. The first-order valence-electron chi connectivity index (χ1n) is 10.8. The number of benzene rings is 1. The maximum atomic E-state index is 12.7. The lowest BCUT2D eigenvalue weighted by Crippen LogP contribution is -2.10. The molecule has 0 saturated heterocycles. The average Bonchev–Trinajstić information content (AvgIpc) is 3.02. The molecule has 1 saturated carbocycles. The SMILES string of the molecule is CCC(=O)CC(C)c1ccccc1.Cc1nn2ccc(C(F)(F)F)cc2c1C1CCC1. The van der Waals surface area contributed by atoms with E-state index in [9.17, 15) is 18.0 Å². The lowest BCUT2D eigenvalue weighted by molar-refractivity contribution is -0.137. The molecule has 2 aromatic heterocycles.